The minimum absolute atomic E-state index is 0.374. The Balaban J connectivity index is 2.27. The largest absolute Gasteiger partial charge is 0.292 e. The Bertz CT molecular complexity index is 694. The highest BCUT2D eigenvalue weighted by Crippen LogP contribution is 2.19. The predicted octanol–water partition coefficient (Wildman–Crippen LogP) is 2.49. The minimum Gasteiger partial charge on any atom is -0.292 e. The highest BCUT2D eigenvalue weighted by molar-refractivity contribution is 6.29. The van der Waals surface area contributed by atoms with E-state index < -0.39 is 0 Å². The molecule has 0 aromatic carbocycles. The average molecular weight is 266 g/mol. The van der Waals surface area contributed by atoms with Gasteiger partial charge in [0.1, 0.15) is 16.0 Å². The summed E-state index contributed by atoms with van der Waals surface area (Å²) in [5.41, 5.74) is 1.39. The Hall–Kier alpha value is -1.72. The third-order valence-corrected chi connectivity index (χ3v) is 2.62. The Labute approximate surface area is 106 Å². The number of hydrogen-bond acceptors (Lipinski definition) is 4. The molecule has 3 heterocycles. The normalized spacial score (nSPS) is 10.9. The fourth-order valence-electron chi connectivity index (χ4n) is 1.49. The molecule has 0 aliphatic rings. The van der Waals surface area contributed by atoms with Gasteiger partial charge in [0.25, 0.3) is 0 Å². The molecular weight excluding hydrogens is 261 g/mol. The lowest BCUT2D eigenvalue weighted by atomic mass is 10.4. The lowest BCUT2D eigenvalue weighted by Crippen LogP contribution is -1.94. The van der Waals surface area contributed by atoms with Gasteiger partial charge in [-0.15, -0.1) is 0 Å². The van der Waals surface area contributed by atoms with Gasteiger partial charge in [0.05, 0.1) is 12.4 Å². The van der Waals surface area contributed by atoms with Crippen LogP contribution in [0.25, 0.3) is 17.2 Å². The van der Waals surface area contributed by atoms with Gasteiger partial charge in [-0.05, 0) is 6.07 Å². The fraction of sp³-hybridized carbons (Fsp3) is 0. The van der Waals surface area contributed by atoms with Gasteiger partial charge in [-0.25, -0.2) is 19.9 Å². The number of fused-ring (bicyclic) bond motifs is 1. The third kappa shape index (κ3) is 1.83. The zero-order valence-corrected chi connectivity index (χ0v) is 9.89. The van der Waals surface area contributed by atoms with Crippen LogP contribution in [-0.2, 0) is 0 Å². The fourth-order valence-corrected chi connectivity index (χ4v) is 1.77. The van der Waals surface area contributed by atoms with Crippen molar-refractivity contribution in [2.75, 3.05) is 0 Å². The number of imidazole rings is 1. The number of rotatable bonds is 1. The zero-order chi connectivity index (χ0) is 11.8. The Morgan fingerprint density at radius 2 is 1.88 bits per heavy atom. The summed E-state index contributed by atoms with van der Waals surface area (Å²) in [5.74, 6) is 0.493. The maximum Gasteiger partial charge on any atom is 0.179 e. The second kappa shape index (κ2) is 3.94. The summed E-state index contributed by atoms with van der Waals surface area (Å²) < 4.78 is 1.76. The maximum absolute atomic E-state index is 5.84. The first-order valence-corrected chi connectivity index (χ1v) is 5.47. The van der Waals surface area contributed by atoms with E-state index in [1.165, 1.54) is 0 Å². The molecule has 0 aliphatic heterocycles. The topological polar surface area (TPSA) is 56.0 Å². The summed E-state index contributed by atoms with van der Waals surface area (Å²) >= 11 is 11.7. The molecule has 0 saturated heterocycles. The number of halogens is 2. The molecule has 0 unspecified atom stereocenters. The first-order valence-electron chi connectivity index (χ1n) is 4.71. The minimum atomic E-state index is 0.374. The molecule has 0 atom stereocenters. The summed E-state index contributed by atoms with van der Waals surface area (Å²) in [6.45, 7) is 0. The summed E-state index contributed by atoms with van der Waals surface area (Å²) in [5, 5.41) is 0.754. The number of aromatic nitrogens is 5. The van der Waals surface area contributed by atoms with Gasteiger partial charge in [0.15, 0.2) is 11.5 Å². The molecule has 0 radical (unpaired) electrons. The van der Waals surface area contributed by atoms with Crippen molar-refractivity contribution < 1.29 is 0 Å². The predicted molar refractivity (Wildman–Crippen MR) is 64.0 cm³/mol. The van der Waals surface area contributed by atoms with Crippen molar-refractivity contribution >= 4 is 28.8 Å². The molecule has 0 spiro atoms. The van der Waals surface area contributed by atoms with E-state index in [1.54, 1.807) is 35.3 Å². The van der Waals surface area contributed by atoms with Gasteiger partial charge >= 0.3 is 0 Å². The molecule has 0 saturated carbocycles. The van der Waals surface area contributed by atoms with Crippen molar-refractivity contribution in [1.29, 1.82) is 0 Å². The van der Waals surface area contributed by atoms with Crippen LogP contribution in [0.1, 0.15) is 0 Å². The maximum atomic E-state index is 5.84. The van der Waals surface area contributed by atoms with Crippen LogP contribution in [0.4, 0.5) is 0 Å². The van der Waals surface area contributed by atoms with Gasteiger partial charge in [-0.1, -0.05) is 23.2 Å². The Morgan fingerprint density at radius 3 is 2.71 bits per heavy atom. The first-order chi connectivity index (χ1) is 8.24. The van der Waals surface area contributed by atoms with Crippen molar-refractivity contribution in [3.63, 3.8) is 0 Å². The quantitative estimate of drug-likeness (QED) is 0.635. The Morgan fingerprint density at radius 1 is 1.00 bits per heavy atom. The Kier molecular flexibility index (Phi) is 2.42. The van der Waals surface area contributed by atoms with Crippen molar-refractivity contribution in [2.24, 2.45) is 0 Å². The molecule has 0 aliphatic carbocycles. The van der Waals surface area contributed by atoms with E-state index in [-0.39, 0.29) is 0 Å². The molecule has 84 valence electrons. The zero-order valence-electron chi connectivity index (χ0n) is 8.38. The van der Waals surface area contributed by atoms with Gasteiger partial charge in [-0.2, -0.15) is 0 Å². The van der Waals surface area contributed by atoms with E-state index in [9.17, 15) is 0 Å². The molecule has 17 heavy (non-hydrogen) atoms. The summed E-state index contributed by atoms with van der Waals surface area (Å²) in [7, 11) is 0. The van der Waals surface area contributed by atoms with E-state index in [0.717, 1.165) is 0 Å². The molecule has 3 rings (SSSR count). The molecule has 7 heteroatoms. The van der Waals surface area contributed by atoms with Crippen LogP contribution in [0.3, 0.4) is 0 Å². The molecule has 0 fully saturated rings. The van der Waals surface area contributed by atoms with E-state index in [2.05, 4.69) is 19.9 Å². The number of nitrogens with zero attached hydrogens (tertiary/aromatic N) is 5. The lowest BCUT2D eigenvalue weighted by Gasteiger charge is -2.00. The van der Waals surface area contributed by atoms with Gasteiger partial charge in [0, 0.05) is 12.4 Å². The monoisotopic (exact) mass is 265 g/mol. The summed E-state index contributed by atoms with van der Waals surface area (Å²) in [6.07, 6.45) is 6.48. The van der Waals surface area contributed by atoms with Crippen LogP contribution >= 0.6 is 23.2 Å². The molecule has 0 amide bonds. The average Bonchev–Trinajstić information content (AvgIpc) is 2.71. The molecule has 3 aromatic rings. The van der Waals surface area contributed by atoms with Crippen LogP contribution in [0.5, 0.6) is 0 Å². The van der Waals surface area contributed by atoms with Crippen molar-refractivity contribution in [3.05, 3.63) is 41.2 Å². The SMILES string of the molecule is Clc1cn2c(-c3nccc(Cl)n3)cnc2cn1. The molecule has 5 nitrogen and oxygen atoms in total. The van der Waals surface area contributed by atoms with Crippen LogP contribution in [0, 0.1) is 0 Å². The molecular formula is C10H5Cl2N5. The van der Waals surface area contributed by atoms with Gasteiger partial charge in [0.2, 0.25) is 0 Å². The third-order valence-electron chi connectivity index (χ3n) is 2.22. The van der Waals surface area contributed by atoms with Gasteiger partial charge < -0.3 is 0 Å². The highest BCUT2D eigenvalue weighted by Gasteiger charge is 2.09. The van der Waals surface area contributed by atoms with Crippen molar-refractivity contribution in [1.82, 2.24) is 24.3 Å². The summed E-state index contributed by atoms with van der Waals surface area (Å²) in [4.78, 5) is 16.4. The second-order valence-electron chi connectivity index (χ2n) is 3.28. The van der Waals surface area contributed by atoms with E-state index >= 15 is 0 Å². The van der Waals surface area contributed by atoms with Crippen molar-refractivity contribution in [2.45, 2.75) is 0 Å². The van der Waals surface area contributed by atoms with Crippen LogP contribution in [0.2, 0.25) is 10.3 Å². The van der Waals surface area contributed by atoms with E-state index in [0.29, 0.717) is 27.5 Å². The van der Waals surface area contributed by atoms with E-state index in [4.69, 9.17) is 23.2 Å². The highest BCUT2D eigenvalue weighted by atomic mass is 35.5. The standard InChI is InChI=1S/C10H5Cl2N5/c11-7-1-2-13-10(16-7)6-3-15-9-4-14-8(12)5-17(6)9/h1-5H. The number of hydrogen-bond donors (Lipinski definition) is 0. The van der Waals surface area contributed by atoms with E-state index in [1.807, 2.05) is 0 Å². The summed E-state index contributed by atoms with van der Waals surface area (Å²) in [6, 6.07) is 1.61. The van der Waals surface area contributed by atoms with Crippen LogP contribution in [-0.4, -0.2) is 24.3 Å². The van der Waals surface area contributed by atoms with Crippen molar-refractivity contribution in [3.8, 4) is 11.5 Å². The van der Waals surface area contributed by atoms with Gasteiger partial charge in [-0.3, -0.25) is 4.40 Å². The van der Waals surface area contributed by atoms with Crippen LogP contribution < -0.4 is 0 Å². The molecule has 0 bridgehead atoms. The first kappa shape index (κ1) is 10.4. The van der Waals surface area contributed by atoms with Crippen LogP contribution in [0.15, 0.2) is 30.9 Å². The molecule has 3 aromatic heterocycles. The second-order valence-corrected chi connectivity index (χ2v) is 4.06. The smallest absolute Gasteiger partial charge is 0.179 e. The molecule has 0 N–H and O–H groups in total. The lowest BCUT2D eigenvalue weighted by molar-refractivity contribution is 1.09.